The minimum Gasteiger partial charge on any atom is -0.406 e. The van der Waals surface area contributed by atoms with Crippen LogP contribution in [0, 0.1) is 11.3 Å². The van der Waals surface area contributed by atoms with Gasteiger partial charge in [0, 0.05) is 5.69 Å². The fraction of sp³-hybridized carbons (Fsp3) is 0.529. The number of carbonyl (C=O) groups is 1. The topological polar surface area (TPSA) is 74.2 Å². The maximum absolute atomic E-state index is 12.1. The number of ether oxygens (including phenoxy) is 1. The van der Waals surface area contributed by atoms with Gasteiger partial charge in [-0.15, -0.1) is 13.2 Å². The first kappa shape index (κ1) is 18.9. The highest BCUT2D eigenvalue weighted by atomic mass is 19.4. The number of anilines is 1. The van der Waals surface area contributed by atoms with E-state index in [0.717, 1.165) is 37.8 Å². The third-order valence-electron chi connectivity index (χ3n) is 4.09. The molecular weight excluding hydrogens is 335 g/mol. The van der Waals surface area contributed by atoms with E-state index >= 15 is 0 Å². The van der Waals surface area contributed by atoms with Crippen molar-refractivity contribution in [3.8, 4) is 11.8 Å². The van der Waals surface area contributed by atoms with Crippen LogP contribution in [0.4, 0.5) is 18.9 Å². The van der Waals surface area contributed by atoms with Crippen molar-refractivity contribution in [1.29, 1.82) is 5.26 Å². The molecule has 1 fully saturated rings. The average molecular weight is 355 g/mol. The van der Waals surface area contributed by atoms with Gasteiger partial charge in [0.25, 0.3) is 0 Å². The number of benzene rings is 1. The first-order valence-electron chi connectivity index (χ1n) is 8.14. The Morgan fingerprint density at radius 2 is 1.76 bits per heavy atom. The van der Waals surface area contributed by atoms with Crippen molar-refractivity contribution < 1.29 is 22.7 Å². The van der Waals surface area contributed by atoms with Gasteiger partial charge in [0.2, 0.25) is 5.91 Å². The largest absolute Gasteiger partial charge is 0.573 e. The number of hydrogen-bond donors (Lipinski definition) is 2. The summed E-state index contributed by atoms with van der Waals surface area (Å²) in [7, 11) is 0. The molecule has 0 spiro atoms. The summed E-state index contributed by atoms with van der Waals surface area (Å²) in [5.74, 6) is -0.650. The van der Waals surface area contributed by atoms with E-state index < -0.39 is 11.9 Å². The molecule has 0 saturated heterocycles. The standard InChI is InChI=1S/C17H20F3N3O2/c18-17(19,20)25-14-7-5-13(6-8-14)22-11-15(24)23-16(12-21)9-3-1-2-4-10-16/h5-8,22H,1-4,9-11H2,(H,23,24). The molecule has 2 N–H and O–H groups in total. The van der Waals surface area contributed by atoms with E-state index in [1.807, 2.05) is 0 Å². The Kier molecular flexibility index (Phi) is 6.12. The van der Waals surface area contributed by atoms with E-state index in [0.29, 0.717) is 18.5 Å². The molecule has 8 heteroatoms. The van der Waals surface area contributed by atoms with E-state index in [-0.39, 0.29) is 18.2 Å². The molecule has 136 valence electrons. The number of halogens is 3. The summed E-state index contributed by atoms with van der Waals surface area (Å²) in [5.41, 5.74) is -0.337. The third-order valence-corrected chi connectivity index (χ3v) is 4.09. The highest BCUT2D eigenvalue weighted by Crippen LogP contribution is 2.27. The molecule has 0 aliphatic heterocycles. The Bertz CT molecular complexity index is 616. The number of nitrogens with zero attached hydrogens (tertiary/aromatic N) is 1. The lowest BCUT2D eigenvalue weighted by Crippen LogP contribution is -2.48. The van der Waals surface area contributed by atoms with E-state index in [9.17, 15) is 23.2 Å². The molecule has 25 heavy (non-hydrogen) atoms. The van der Waals surface area contributed by atoms with Crippen LogP contribution in [0.5, 0.6) is 5.75 Å². The zero-order valence-electron chi connectivity index (χ0n) is 13.7. The van der Waals surface area contributed by atoms with Crippen LogP contribution >= 0.6 is 0 Å². The Balaban J connectivity index is 1.86. The lowest BCUT2D eigenvalue weighted by Gasteiger charge is -2.26. The molecule has 5 nitrogen and oxygen atoms in total. The molecule has 0 heterocycles. The van der Waals surface area contributed by atoms with Crippen molar-refractivity contribution in [3.05, 3.63) is 24.3 Å². The van der Waals surface area contributed by atoms with Gasteiger partial charge in [-0.1, -0.05) is 25.7 Å². The molecule has 1 aromatic rings. The molecule has 2 rings (SSSR count). The van der Waals surface area contributed by atoms with Crippen LogP contribution in [0.1, 0.15) is 38.5 Å². The summed E-state index contributed by atoms with van der Waals surface area (Å²) in [5, 5.41) is 15.1. The molecule has 0 radical (unpaired) electrons. The SMILES string of the molecule is N#CC1(NC(=O)CNc2ccc(OC(F)(F)F)cc2)CCCCCC1. The lowest BCUT2D eigenvalue weighted by molar-refractivity contribution is -0.274. The van der Waals surface area contributed by atoms with E-state index in [1.165, 1.54) is 12.1 Å². The molecule has 1 saturated carbocycles. The van der Waals surface area contributed by atoms with Crippen LogP contribution < -0.4 is 15.4 Å². The minimum atomic E-state index is -4.74. The smallest absolute Gasteiger partial charge is 0.406 e. The predicted octanol–water partition coefficient (Wildman–Crippen LogP) is 3.73. The van der Waals surface area contributed by atoms with Crippen molar-refractivity contribution in [3.63, 3.8) is 0 Å². The van der Waals surface area contributed by atoms with Gasteiger partial charge in [-0.25, -0.2) is 0 Å². The second-order valence-electron chi connectivity index (χ2n) is 6.08. The maximum Gasteiger partial charge on any atom is 0.573 e. The summed E-state index contributed by atoms with van der Waals surface area (Å²) < 4.78 is 40.1. The van der Waals surface area contributed by atoms with E-state index in [2.05, 4.69) is 21.4 Å². The average Bonchev–Trinajstić information content (AvgIpc) is 2.79. The zero-order chi connectivity index (χ0) is 18.3. The monoisotopic (exact) mass is 355 g/mol. The van der Waals surface area contributed by atoms with Gasteiger partial charge in [-0.05, 0) is 37.1 Å². The van der Waals surface area contributed by atoms with Crippen molar-refractivity contribution in [2.75, 3.05) is 11.9 Å². The van der Waals surface area contributed by atoms with Crippen molar-refractivity contribution in [2.45, 2.75) is 50.4 Å². The molecule has 0 atom stereocenters. The summed E-state index contributed by atoms with van der Waals surface area (Å²) in [6, 6.07) is 7.34. The molecule has 0 aromatic heterocycles. The quantitative estimate of drug-likeness (QED) is 0.790. The van der Waals surface area contributed by atoms with Crippen molar-refractivity contribution in [2.24, 2.45) is 0 Å². The summed E-state index contributed by atoms with van der Waals surface area (Å²) >= 11 is 0. The van der Waals surface area contributed by atoms with Crippen LogP contribution in [-0.2, 0) is 4.79 Å². The van der Waals surface area contributed by atoms with Crippen LogP contribution in [0.15, 0.2) is 24.3 Å². The number of alkyl halides is 3. The van der Waals surface area contributed by atoms with E-state index in [4.69, 9.17) is 0 Å². The van der Waals surface area contributed by atoms with Gasteiger partial charge in [0.15, 0.2) is 0 Å². The number of carbonyl (C=O) groups excluding carboxylic acids is 1. The number of nitriles is 1. The Morgan fingerprint density at radius 3 is 2.28 bits per heavy atom. The number of amides is 1. The highest BCUT2D eigenvalue weighted by molar-refractivity contribution is 5.81. The molecule has 0 bridgehead atoms. The van der Waals surface area contributed by atoms with E-state index in [1.54, 1.807) is 0 Å². The normalized spacial score (nSPS) is 17.0. The van der Waals surface area contributed by atoms with Gasteiger partial charge in [0.1, 0.15) is 11.3 Å². The molecule has 1 amide bonds. The maximum atomic E-state index is 12.1. The minimum absolute atomic E-state index is 0.0666. The van der Waals surface area contributed by atoms with Crippen molar-refractivity contribution in [1.82, 2.24) is 5.32 Å². The van der Waals surface area contributed by atoms with Gasteiger partial charge < -0.3 is 15.4 Å². The number of hydrogen-bond acceptors (Lipinski definition) is 4. The fourth-order valence-electron chi connectivity index (χ4n) is 2.86. The summed E-state index contributed by atoms with van der Waals surface area (Å²) in [6.07, 6.45) is 0.467. The second kappa shape index (κ2) is 8.10. The second-order valence-corrected chi connectivity index (χ2v) is 6.08. The molecule has 1 aromatic carbocycles. The Morgan fingerprint density at radius 1 is 1.16 bits per heavy atom. The van der Waals surface area contributed by atoms with Gasteiger partial charge in [0.05, 0.1) is 12.6 Å². The lowest BCUT2D eigenvalue weighted by atomic mass is 9.92. The first-order chi connectivity index (χ1) is 11.8. The molecule has 0 unspecified atom stereocenters. The van der Waals surface area contributed by atoms with Crippen LogP contribution in [0.2, 0.25) is 0 Å². The van der Waals surface area contributed by atoms with Gasteiger partial charge >= 0.3 is 6.36 Å². The zero-order valence-corrected chi connectivity index (χ0v) is 13.7. The fourth-order valence-corrected chi connectivity index (χ4v) is 2.86. The van der Waals surface area contributed by atoms with Crippen LogP contribution in [0.25, 0.3) is 0 Å². The van der Waals surface area contributed by atoms with Crippen LogP contribution in [-0.4, -0.2) is 24.4 Å². The van der Waals surface area contributed by atoms with Crippen LogP contribution in [0.3, 0.4) is 0 Å². The highest BCUT2D eigenvalue weighted by Gasteiger charge is 2.32. The molecular formula is C17H20F3N3O2. The summed E-state index contributed by atoms with van der Waals surface area (Å²) in [6.45, 7) is -0.0666. The molecule has 1 aliphatic carbocycles. The predicted molar refractivity (Wildman–Crippen MR) is 85.8 cm³/mol. The van der Waals surface area contributed by atoms with Crippen molar-refractivity contribution >= 4 is 11.6 Å². The Hall–Kier alpha value is -2.43. The third kappa shape index (κ3) is 6.18. The van der Waals surface area contributed by atoms with Gasteiger partial charge in [-0.3, -0.25) is 4.79 Å². The molecule has 1 aliphatic rings. The number of nitrogens with one attached hydrogen (secondary N) is 2. The van der Waals surface area contributed by atoms with Gasteiger partial charge in [-0.2, -0.15) is 5.26 Å². The first-order valence-corrected chi connectivity index (χ1v) is 8.14. The Labute approximate surface area is 144 Å². The summed E-state index contributed by atoms with van der Waals surface area (Å²) in [4.78, 5) is 12.1. The number of rotatable bonds is 5.